The van der Waals surface area contributed by atoms with Crippen molar-refractivity contribution in [3.63, 3.8) is 0 Å². The predicted octanol–water partition coefficient (Wildman–Crippen LogP) is 2.98. The summed E-state index contributed by atoms with van der Waals surface area (Å²) in [4.78, 5) is 5.89. The first-order chi connectivity index (χ1) is 12.4. The molecule has 3 N–H and O–H groups in total. The van der Waals surface area contributed by atoms with E-state index >= 15 is 0 Å². The first-order valence-corrected chi connectivity index (χ1v) is 11.0. The van der Waals surface area contributed by atoms with Crippen molar-refractivity contribution in [3.8, 4) is 0 Å². The number of benzene rings is 1. The van der Waals surface area contributed by atoms with E-state index in [-0.39, 0.29) is 29.7 Å². The molecule has 6 nitrogen and oxygen atoms in total. The fourth-order valence-corrected chi connectivity index (χ4v) is 3.98. The molecule has 0 amide bonds. The summed E-state index contributed by atoms with van der Waals surface area (Å²) >= 11 is 1.73. The zero-order valence-electron chi connectivity index (χ0n) is 15.8. The largest absolute Gasteiger partial charge is 0.357 e. The summed E-state index contributed by atoms with van der Waals surface area (Å²) in [6.07, 6.45) is 0. The summed E-state index contributed by atoms with van der Waals surface area (Å²) in [6, 6.07) is 9.61. The lowest BCUT2D eigenvalue weighted by Crippen LogP contribution is -2.36. The monoisotopic (exact) mass is 522 g/mol. The first kappa shape index (κ1) is 23.9. The molecule has 0 fully saturated rings. The second kappa shape index (κ2) is 11.6. The average molecular weight is 522 g/mol. The van der Waals surface area contributed by atoms with Gasteiger partial charge in [0.15, 0.2) is 5.96 Å². The van der Waals surface area contributed by atoms with Gasteiger partial charge < -0.3 is 10.6 Å². The topological polar surface area (TPSA) is 82.6 Å². The second-order valence-electron chi connectivity index (χ2n) is 5.86. The molecule has 0 aliphatic carbocycles. The van der Waals surface area contributed by atoms with Crippen LogP contribution < -0.4 is 15.4 Å². The van der Waals surface area contributed by atoms with Gasteiger partial charge in [-0.25, -0.2) is 18.1 Å². The van der Waals surface area contributed by atoms with Gasteiger partial charge in [-0.05, 0) is 49.0 Å². The summed E-state index contributed by atoms with van der Waals surface area (Å²) < 4.78 is 25.7. The average Bonchev–Trinajstić information content (AvgIpc) is 3.02. The quantitative estimate of drug-likeness (QED) is 0.283. The van der Waals surface area contributed by atoms with Crippen molar-refractivity contribution in [1.82, 2.24) is 15.4 Å². The summed E-state index contributed by atoms with van der Waals surface area (Å²) in [6.45, 7) is 6.11. The Morgan fingerprint density at radius 1 is 1.19 bits per heavy atom. The van der Waals surface area contributed by atoms with Crippen molar-refractivity contribution < 1.29 is 8.42 Å². The van der Waals surface area contributed by atoms with E-state index in [0.717, 1.165) is 30.2 Å². The molecule has 0 aliphatic rings. The highest BCUT2D eigenvalue weighted by Crippen LogP contribution is 2.15. The summed E-state index contributed by atoms with van der Waals surface area (Å²) in [5.41, 5.74) is 2.99. The van der Waals surface area contributed by atoms with Gasteiger partial charge in [0, 0.05) is 11.4 Å². The van der Waals surface area contributed by atoms with Gasteiger partial charge in [0.25, 0.3) is 0 Å². The maximum Gasteiger partial charge on any atom is 0.215 e. The molecule has 27 heavy (non-hydrogen) atoms. The van der Waals surface area contributed by atoms with Crippen LogP contribution in [0, 0.1) is 6.92 Å². The van der Waals surface area contributed by atoms with E-state index < -0.39 is 10.0 Å². The van der Waals surface area contributed by atoms with Gasteiger partial charge >= 0.3 is 0 Å². The SMILES string of the molecule is CCNC(=NCc1cccc(CS(=O)(=O)NC)c1)NCc1sccc1C.I. The molecule has 9 heteroatoms. The lowest BCUT2D eigenvalue weighted by atomic mass is 10.1. The predicted molar refractivity (Wildman–Crippen MR) is 124 cm³/mol. The van der Waals surface area contributed by atoms with Crippen LogP contribution in [0.25, 0.3) is 0 Å². The number of halogens is 1. The number of thiophene rings is 1. The normalized spacial score (nSPS) is 11.7. The van der Waals surface area contributed by atoms with Crippen molar-refractivity contribution in [2.75, 3.05) is 13.6 Å². The van der Waals surface area contributed by atoms with Crippen LogP contribution in [0.15, 0.2) is 40.7 Å². The number of hydrogen-bond donors (Lipinski definition) is 3. The van der Waals surface area contributed by atoms with Crippen LogP contribution in [0.1, 0.15) is 28.5 Å². The zero-order valence-corrected chi connectivity index (χ0v) is 19.7. The van der Waals surface area contributed by atoms with Gasteiger partial charge in [-0.1, -0.05) is 24.3 Å². The molecule has 2 rings (SSSR count). The molecule has 1 heterocycles. The van der Waals surface area contributed by atoms with Crippen LogP contribution in [0.5, 0.6) is 0 Å². The van der Waals surface area contributed by atoms with E-state index in [1.54, 1.807) is 11.3 Å². The Morgan fingerprint density at radius 3 is 2.56 bits per heavy atom. The van der Waals surface area contributed by atoms with Gasteiger partial charge in [-0.3, -0.25) is 0 Å². The Morgan fingerprint density at radius 2 is 1.93 bits per heavy atom. The number of hydrogen-bond acceptors (Lipinski definition) is 4. The Bertz CT molecular complexity index is 851. The van der Waals surface area contributed by atoms with Crippen LogP contribution in [-0.2, 0) is 28.9 Å². The van der Waals surface area contributed by atoms with Crippen LogP contribution in [0.4, 0.5) is 0 Å². The molecule has 0 spiro atoms. The zero-order chi connectivity index (χ0) is 19.0. The second-order valence-corrected chi connectivity index (χ2v) is 8.79. The van der Waals surface area contributed by atoms with Crippen LogP contribution in [0.3, 0.4) is 0 Å². The maximum atomic E-state index is 11.7. The van der Waals surface area contributed by atoms with E-state index in [1.807, 2.05) is 31.2 Å². The number of guanidine groups is 1. The minimum absolute atomic E-state index is 0. The van der Waals surface area contributed by atoms with Gasteiger partial charge in [0.05, 0.1) is 18.8 Å². The van der Waals surface area contributed by atoms with Gasteiger partial charge in [-0.2, -0.15) is 0 Å². The Labute approximate surface area is 182 Å². The number of rotatable bonds is 8. The molecule has 0 bridgehead atoms. The lowest BCUT2D eigenvalue weighted by Gasteiger charge is -2.11. The molecule has 0 saturated heterocycles. The third-order valence-corrected chi connectivity index (χ3v) is 6.17. The highest BCUT2D eigenvalue weighted by atomic mass is 127. The smallest absolute Gasteiger partial charge is 0.215 e. The fraction of sp³-hybridized carbons (Fsp3) is 0.389. The van der Waals surface area contributed by atoms with Crippen LogP contribution in [-0.4, -0.2) is 28.0 Å². The minimum atomic E-state index is -3.28. The summed E-state index contributed by atoms with van der Waals surface area (Å²) in [7, 11) is -1.85. The van der Waals surface area contributed by atoms with Crippen molar-refractivity contribution in [3.05, 3.63) is 57.3 Å². The van der Waals surface area contributed by atoms with Crippen LogP contribution in [0.2, 0.25) is 0 Å². The standard InChI is InChI=1S/C18H26N4O2S2.HI/c1-4-20-18(22-12-17-14(2)8-9-25-17)21-11-15-6-5-7-16(10-15)13-26(23,24)19-3;/h5-10,19H,4,11-13H2,1-3H3,(H2,20,21,22);1H. The number of aryl methyl sites for hydroxylation is 1. The summed E-state index contributed by atoms with van der Waals surface area (Å²) in [5.74, 6) is 0.713. The fourth-order valence-electron chi connectivity index (χ4n) is 2.37. The molecular formula is C18H27IN4O2S2. The molecule has 2 aromatic rings. The van der Waals surface area contributed by atoms with Gasteiger partial charge in [-0.15, -0.1) is 35.3 Å². The van der Waals surface area contributed by atoms with E-state index in [9.17, 15) is 8.42 Å². The van der Waals surface area contributed by atoms with Crippen molar-refractivity contribution in [1.29, 1.82) is 0 Å². The highest BCUT2D eigenvalue weighted by Gasteiger charge is 2.09. The highest BCUT2D eigenvalue weighted by molar-refractivity contribution is 14.0. The number of sulfonamides is 1. The lowest BCUT2D eigenvalue weighted by molar-refractivity contribution is 0.587. The van der Waals surface area contributed by atoms with Crippen molar-refractivity contribution in [2.45, 2.75) is 32.7 Å². The van der Waals surface area contributed by atoms with Crippen LogP contribution >= 0.6 is 35.3 Å². The molecule has 1 aromatic heterocycles. The van der Waals surface area contributed by atoms with Gasteiger partial charge in [0.2, 0.25) is 10.0 Å². The first-order valence-electron chi connectivity index (χ1n) is 8.47. The van der Waals surface area contributed by atoms with E-state index in [2.05, 4.69) is 38.7 Å². The van der Waals surface area contributed by atoms with E-state index in [0.29, 0.717) is 6.54 Å². The minimum Gasteiger partial charge on any atom is -0.357 e. The third-order valence-electron chi connectivity index (χ3n) is 3.81. The Balaban J connectivity index is 0.00000364. The molecule has 150 valence electrons. The van der Waals surface area contributed by atoms with Gasteiger partial charge in [0.1, 0.15) is 0 Å². The molecule has 0 unspecified atom stereocenters. The number of aliphatic imine (C=N–C) groups is 1. The molecule has 1 aromatic carbocycles. The van der Waals surface area contributed by atoms with E-state index in [4.69, 9.17) is 0 Å². The number of nitrogens with one attached hydrogen (secondary N) is 3. The Kier molecular flexibility index (Phi) is 10.3. The number of nitrogens with zero attached hydrogens (tertiary/aromatic N) is 1. The molecule has 0 radical (unpaired) electrons. The third kappa shape index (κ3) is 8.16. The van der Waals surface area contributed by atoms with Crippen molar-refractivity contribution >= 4 is 51.3 Å². The Hall–Kier alpha value is -1.17. The molecular weight excluding hydrogens is 495 g/mol. The summed E-state index contributed by atoms with van der Waals surface area (Å²) in [5, 5.41) is 8.66. The van der Waals surface area contributed by atoms with Crippen molar-refractivity contribution in [2.24, 2.45) is 4.99 Å². The maximum absolute atomic E-state index is 11.7. The molecule has 0 saturated carbocycles. The molecule has 0 aliphatic heterocycles. The van der Waals surface area contributed by atoms with E-state index in [1.165, 1.54) is 17.5 Å². The molecule has 0 atom stereocenters.